The SMILES string of the molecule is CNC(Cc1cccc(OC)c1F)c1ccc(Br)cc1F. The van der Waals surface area contributed by atoms with Gasteiger partial charge in [0.05, 0.1) is 7.11 Å². The van der Waals surface area contributed by atoms with Crippen LogP contribution in [-0.4, -0.2) is 14.2 Å². The molecule has 0 aliphatic rings. The first-order valence-corrected chi connectivity index (χ1v) is 7.29. The van der Waals surface area contributed by atoms with Gasteiger partial charge in [-0.15, -0.1) is 0 Å². The number of likely N-dealkylation sites (N-methyl/N-ethyl adjacent to an activating group) is 1. The van der Waals surface area contributed by atoms with Gasteiger partial charge < -0.3 is 10.1 Å². The van der Waals surface area contributed by atoms with Gasteiger partial charge in [-0.25, -0.2) is 8.78 Å². The lowest BCUT2D eigenvalue weighted by atomic mass is 9.98. The minimum absolute atomic E-state index is 0.193. The van der Waals surface area contributed by atoms with Crippen LogP contribution in [0.15, 0.2) is 40.9 Å². The average Bonchev–Trinajstić information content (AvgIpc) is 2.47. The molecule has 1 unspecified atom stereocenters. The summed E-state index contributed by atoms with van der Waals surface area (Å²) in [4.78, 5) is 0. The Morgan fingerprint density at radius 3 is 2.62 bits per heavy atom. The highest BCUT2D eigenvalue weighted by atomic mass is 79.9. The summed E-state index contributed by atoms with van der Waals surface area (Å²) in [6, 6.07) is 9.51. The van der Waals surface area contributed by atoms with Gasteiger partial charge in [-0.2, -0.15) is 0 Å². The van der Waals surface area contributed by atoms with Crippen LogP contribution >= 0.6 is 15.9 Å². The lowest BCUT2D eigenvalue weighted by molar-refractivity contribution is 0.382. The zero-order valence-electron chi connectivity index (χ0n) is 11.8. The van der Waals surface area contributed by atoms with Gasteiger partial charge in [-0.05, 0) is 37.2 Å². The maximum absolute atomic E-state index is 14.2. The minimum atomic E-state index is -0.405. The van der Waals surface area contributed by atoms with E-state index in [1.54, 1.807) is 37.4 Å². The summed E-state index contributed by atoms with van der Waals surface area (Å²) in [5.41, 5.74) is 0.985. The van der Waals surface area contributed by atoms with E-state index >= 15 is 0 Å². The molecule has 1 N–H and O–H groups in total. The van der Waals surface area contributed by atoms with Crippen LogP contribution in [0.25, 0.3) is 0 Å². The molecule has 112 valence electrons. The summed E-state index contributed by atoms with van der Waals surface area (Å²) >= 11 is 3.23. The van der Waals surface area contributed by atoms with Crippen LogP contribution in [0.4, 0.5) is 8.78 Å². The first-order valence-electron chi connectivity index (χ1n) is 6.50. The Bertz CT molecular complexity index is 634. The summed E-state index contributed by atoms with van der Waals surface area (Å²) < 4.78 is 33.9. The van der Waals surface area contributed by atoms with E-state index in [9.17, 15) is 8.78 Å². The summed E-state index contributed by atoms with van der Waals surface area (Å²) in [6.45, 7) is 0. The summed E-state index contributed by atoms with van der Waals surface area (Å²) in [7, 11) is 3.15. The molecule has 2 aromatic rings. The Hall–Kier alpha value is -1.46. The second-order valence-corrected chi connectivity index (χ2v) is 5.56. The minimum Gasteiger partial charge on any atom is -0.494 e. The van der Waals surface area contributed by atoms with E-state index in [2.05, 4.69) is 21.2 Å². The number of rotatable bonds is 5. The molecule has 0 heterocycles. The van der Waals surface area contributed by atoms with Crippen molar-refractivity contribution in [3.8, 4) is 5.75 Å². The average molecular weight is 356 g/mol. The van der Waals surface area contributed by atoms with Crippen molar-refractivity contribution in [1.29, 1.82) is 0 Å². The normalized spacial score (nSPS) is 12.2. The molecule has 0 bridgehead atoms. The summed E-state index contributed by atoms with van der Waals surface area (Å²) in [5.74, 6) is -0.538. The van der Waals surface area contributed by atoms with Gasteiger partial charge >= 0.3 is 0 Å². The highest BCUT2D eigenvalue weighted by molar-refractivity contribution is 9.10. The van der Waals surface area contributed by atoms with Crippen molar-refractivity contribution < 1.29 is 13.5 Å². The largest absolute Gasteiger partial charge is 0.494 e. The second-order valence-electron chi connectivity index (χ2n) is 4.64. The molecule has 0 amide bonds. The van der Waals surface area contributed by atoms with E-state index in [0.29, 0.717) is 22.0 Å². The van der Waals surface area contributed by atoms with Crippen LogP contribution in [0.5, 0.6) is 5.75 Å². The number of ether oxygens (including phenoxy) is 1. The molecule has 5 heteroatoms. The number of benzene rings is 2. The van der Waals surface area contributed by atoms with E-state index in [4.69, 9.17) is 4.74 Å². The van der Waals surface area contributed by atoms with E-state index in [1.807, 2.05) is 0 Å². The number of methoxy groups -OCH3 is 1. The van der Waals surface area contributed by atoms with E-state index < -0.39 is 5.82 Å². The third-order valence-corrected chi connectivity index (χ3v) is 3.87. The van der Waals surface area contributed by atoms with Crippen molar-refractivity contribution in [2.75, 3.05) is 14.2 Å². The van der Waals surface area contributed by atoms with Crippen LogP contribution in [0.3, 0.4) is 0 Å². The fourth-order valence-electron chi connectivity index (χ4n) is 2.24. The Balaban J connectivity index is 2.31. The van der Waals surface area contributed by atoms with Gasteiger partial charge in [0.25, 0.3) is 0 Å². The monoisotopic (exact) mass is 355 g/mol. The summed E-state index contributed by atoms with van der Waals surface area (Å²) in [6.07, 6.45) is 0.331. The smallest absolute Gasteiger partial charge is 0.168 e. The molecule has 2 rings (SSSR count). The van der Waals surface area contributed by atoms with Gasteiger partial charge in [0.1, 0.15) is 5.82 Å². The van der Waals surface area contributed by atoms with Crippen molar-refractivity contribution in [2.24, 2.45) is 0 Å². The number of hydrogen-bond donors (Lipinski definition) is 1. The topological polar surface area (TPSA) is 21.3 Å². The fourth-order valence-corrected chi connectivity index (χ4v) is 2.58. The first-order chi connectivity index (χ1) is 10.1. The van der Waals surface area contributed by atoms with Crippen LogP contribution < -0.4 is 10.1 Å². The molecule has 21 heavy (non-hydrogen) atoms. The molecule has 2 aromatic carbocycles. The van der Waals surface area contributed by atoms with Gasteiger partial charge in [0.2, 0.25) is 0 Å². The third kappa shape index (κ3) is 3.60. The van der Waals surface area contributed by atoms with E-state index in [1.165, 1.54) is 13.2 Å². The molecular weight excluding hydrogens is 340 g/mol. The summed E-state index contributed by atoms with van der Waals surface area (Å²) in [5, 5.41) is 3.03. The molecule has 0 aliphatic carbocycles. The Morgan fingerprint density at radius 1 is 1.24 bits per heavy atom. The van der Waals surface area contributed by atoms with Crippen molar-refractivity contribution in [1.82, 2.24) is 5.32 Å². The Morgan fingerprint density at radius 2 is 2.00 bits per heavy atom. The lowest BCUT2D eigenvalue weighted by Crippen LogP contribution is -2.20. The van der Waals surface area contributed by atoms with Crippen LogP contribution in [0.2, 0.25) is 0 Å². The first kappa shape index (κ1) is 15.9. The number of halogens is 3. The number of nitrogens with one attached hydrogen (secondary N) is 1. The Kier molecular flexibility index (Phi) is 5.31. The van der Waals surface area contributed by atoms with Crippen molar-refractivity contribution in [3.63, 3.8) is 0 Å². The van der Waals surface area contributed by atoms with Crippen LogP contribution in [0.1, 0.15) is 17.2 Å². The highest BCUT2D eigenvalue weighted by Gasteiger charge is 2.18. The van der Waals surface area contributed by atoms with Gasteiger partial charge in [-0.1, -0.05) is 34.1 Å². The fraction of sp³-hybridized carbons (Fsp3) is 0.250. The molecule has 2 nitrogen and oxygen atoms in total. The van der Waals surface area contributed by atoms with Gasteiger partial charge in [-0.3, -0.25) is 0 Å². The highest BCUT2D eigenvalue weighted by Crippen LogP contribution is 2.27. The maximum Gasteiger partial charge on any atom is 0.168 e. The molecular formula is C16H16BrF2NO. The molecule has 0 saturated heterocycles. The predicted molar refractivity (Wildman–Crippen MR) is 82.6 cm³/mol. The van der Waals surface area contributed by atoms with Crippen molar-refractivity contribution in [2.45, 2.75) is 12.5 Å². The molecule has 0 saturated carbocycles. The maximum atomic E-state index is 14.2. The zero-order chi connectivity index (χ0) is 15.4. The van der Waals surface area contributed by atoms with Crippen molar-refractivity contribution >= 4 is 15.9 Å². The molecule has 0 radical (unpaired) electrons. The van der Waals surface area contributed by atoms with E-state index in [-0.39, 0.29) is 17.6 Å². The Labute approximate surface area is 131 Å². The third-order valence-electron chi connectivity index (χ3n) is 3.37. The quantitative estimate of drug-likeness (QED) is 0.865. The molecule has 0 spiro atoms. The van der Waals surface area contributed by atoms with Gasteiger partial charge in [0, 0.05) is 16.1 Å². The second kappa shape index (κ2) is 7.00. The van der Waals surface area contributed by atoms with Crippen molar-refractivity contribution in [3.05, 3.63) is 63.6 Å². The predicted octanol–water partition coefficient (Wildman–Crippen LogP) is 4.24. The molecule has 0 fully saturated rings. The molecule has 0 aromatic heterocycles. The molecule has 1 atom stereocenters. The molecule has 0 aliphatic heterocycles. The van der Waals surface area contributed by atoms with Crippen LogP contribution in [0, 0.1) is 11.6 Å². The van der Waals surface area contributed by atoms with Gasteiger partial charge in [0.15, 0.2) is 11.6 Å². The lowest BCUT2D eigenvalue weighted by Gasteiger charge is -2.18. The van der Waals surface area contributed by atoms with Crippen LogP contribution in [-0.2, 0) is 6.42 Å². The standard InChI is InChI=1S/C16H16BrF2NO/c1-20-14(12-7-6-11(17)9-13(12)18)8-10-4-3-5-15(21-2)16(10)19/h3-7,9,14,20H,8H2,1-2H3. The number of hydrogen-bond acceptors (Lipinski definition) is 2. The van der Waals surface area contributed by atoms with E-state index in [0.717, 1.165) is 0 Å². The zero-order valence-corrected chi connectivity index (χ0v) is 13.4.